The number of benzene rings is 2. The monoisotopic (exact) mass is 326 g/mol. The molecule has 118 valence electrons. The zero-order valence-electron chi connectivity index (χ0n) is 13.3. The van der Waals surface area contributed by atoms with E-state index >= 15 is 0 Å². The summed E-state index contributed by atoms with van der Waals surface area (Å²) in [5, 5.41) is 2.70. The molecular weight excluding hydrogens is 308 g/mol. The van der Waals surface area contributed by atoms with Gasteiger partial charge in [-0.1, -0.05) is 36.0 Å². The maximum atomic E-state index is 11.7. The largest absolute Gasteiger partial charge is 0.444 e. The molecule has 0 aliphatic rings. The van der Waals surface area contributed by atoms with E-state index in [9.17, 15) is 4.79 Å². The summed E-state index contributed by atoms with van der Waals surface area (Å²) in [6, 6.07) is 15.0. The molecule has 0 unspecified atom stereocenters. The summed E-state index contributed by atoms with van der Waals surface area (Å²) in [4.78, 5) is 17.2. The van der Waals surface area contributed by atoms with Crippen molar-refractivity contribution in [2.24, 2.45) is 0 Å². The van der Waals surface area contributed by atoms with Crippen molar-refractivity contribution in [1.82, 2.24) is 0 Å². The number of ether oxygens (including phenoxy) is 1. The third-order valence-electron chi connectivity index (χ3n) is 2.70. The van der Waals surface area contributed by atoms with E-state index in [4.69, 9.17) is 11.3 Å². The third-order valence-corrected chi connectivity index (χ3v) is 3.72. The molecule has 0 atom stereocenters. The zero-order chi connectivity index (χ0) is 16.9. The first-order valence-corrected chi connectivity index (χ1v) is 7.93. The van der Waals surface area contributed by atoms with E-state index in [0.29, 0.717) is 11.4 Å². The quantitative estimate of drug-likeness (QED) is 0.732. The van der Waals surface area contributed by atoms with Gasteiger partial charge in [-0.3, -0.25) is 5.32 Å². The zero-order valence-corrected chi connectivity index (χ0v) is 14.1. The summed E-state index contributed by atoms with van der Waals surface area (Å²) >= 11 is 1.60. The van der Waals surface area contributed by atoms with E-state index in [1.807, 2.05) is 57.2 Å². The number of hydrogen-bond donors (Lipinski definition) is 1. The second-order valence-corrected chi connectivity index (χ2v) is 7.01. The van der Waals surface area contributed by atoms with Crippen LogP contribution in [0.1, 0.15) is 20.8 Å². The Morgan fingerprint density at radius 2 is 1.57 bits per heavy atom. The van der Waals surface area contributed by atoms with Gasteiger partial charge in [-0.05, 0) is 45.0 Å². The van der Waals surface area contributed by atoms with Crippen molar-refractivity contribution < 1.29 is 9.53 Å². The van der Waals surface area contributed by atoms with Crippen LogP contribution in [0.4, 0.5) is 16.2 Å². The molecule has 1 N–H and O–H groups in total. The highest BCUT2D eigenvalue weighted by Gasteiger charge is 2.16. The SMILES string of the molecule is [C-]#[N+]c1ccc(Sc2ccc(NC(=O)OC(C)(C)C)cc2)cc1. The summed E-state index contributed by atoms with van der Waals surface area (Å²) in [7, 11) is 0. The van der Waals surface area contributed by atoms with E-state index in [1.54, 1.807) is 23.9 Å². The summed E-state index contributed by atoms with van der Waals surface area (Å²) in [5.74, 6) is 0. The molecular formula is C18H18N2O2S. The van der Waals surface area contributed by atoms with Crippen LogP contribution in [0.3, 0.4) is 0 Å². The second-order valence-electron chi connectivity index (χ2n) is 5.86. The molecule has 0 saturated heterocycles. The Bertz CT molecular complexity index is 711. The van der Waals surface area contributed by atoms with E-state index < -0.39 is 11.7 Å². The first-order chi connectivity index (χ1) is 10.9. The summed E-state index contributed by atoms with van der Waals surface area (Å²) < 4.78 is 5.21. The molecule has 2 rings (SSSR count). The van der Waals surface area contributed by atoms with Crippen molar-refractivity contribution in [2.45, 2.75) is 36.2 Å². The molecule has 0 radical (unpaired) electrons. The van der Waals surface area contributed by atoms with Crippen molar-refractivity contribution >= 4 is 29.2 Å². The Hall–Kier alpha value is -2.45. The Kier molecular flexibility index (Phi) is 5.30. The minimum atomic E-state index is -0.516. The van der Waals surface area contributed by atoms with E-state index in [0.717, 1.165) is 9.79 Å². The van der Waals surface area contributed by atoms with Gasteiger partial charge in [0.2, 0.25) is 0 Å². The maximum absolute atomic E-state index is 11.7. The Morgan fingerprint density at radius 3 is 2.04 bits per heavy atom. The van der Waals surface area contributed by atoms with E-state index in [1.165, 1.54) is 0 Å². The second kappa shape index (κ2) is 7.21. The number of amides is 1. The fourth-order valence-corrected chi connectivity index (χ4v) is 2.57. The van der Waals surface area contributed by atoms with E-state index in [2.05, 4.69) is 10.2 Å². The van der Waals surface area contributed by atoms with Gasteiger partial charge in [0.05, 0.1) is 6.57 Å². The molecule has 2 aromatic rings. The van der Waals surface area contributed by atoms with Gasteiger partial charge in [0.1, 0.15) is 5.60 Å². The molecule has 0 fully saturated rings. The Labute approximate surface area is 140 Å². The van der Waals surface area contributed by atoms with E-state index in [-0.39, 0.29) is 0 Å². The molecule has 5 heteroatoms. The lowest BCUT2D eigenvalue weighted by Crippen LogP contribution is -2.27. The van der Waals surface area contributed by atoms with Crippen LogP contribution in [-0.4, -0.2) is 11.7 Å². The van der Waals surface area contributed by atoms with Gasteiger partial charge in [0.25, 0.3) is 0 Å². The molecule has 0 aliphatic carbocycles. The van der Waals surface area contributed by atoms with Gasteiger partial charge >= 0.3 is 6.09 Å². The fraction of sp³-hybridized carbons (Fsp3) is 0.222. The number of rotatable bonds is 3. The molecule has 0 aromatic heterocycles. The van der Waals surface area contributed by atoms with Gasteiger partial charge in [-0.25, -0.2) is 9.64 Å². The number of anilines is 1. The van der Waals surface area contributed by atoms with Crippen LogP contribution in [0.5, 0.6) is 0 Å². The third kappa shape index (κ3) is 5.68. The highest BCUT2D eigenvalue weighted by molar-refractivity contribution is 7.99. The van der Waals surface area contributed by atoms with Crippen LogP contribution in [-0.2, 0) is 4.74 Å². The highest BCUT2D eigenvalue weighted by Crippen LogP contribution is 2.30. The lowest BCUT2D eigenvalue weighted by Gasteiger charge is -2.19. The normalized spacial score (nSPS) is 10.7. The number of nitrogens with zero attached hydrogens (tertiary/aromatic N) is 1. The molecule has 0 heterocycles. The standard InChI is InChI=1S/C18H18N2O2S/c1-18(2,3)22-17(21)20-14-7-11-16(12-8-14)23-15-9-5-13(19-4)6-10-15/h5-12H,1-3H3,(H,20,21). The molecule has 0 saturated carbocycles. The molecule has 23 heavy (non-hydrogen) atoms. The molecule has 4 nitrogen and oxygen atoms in total. The summed E-state index contributed by atoms with van der Waals surface area (Å²) in [6.07, 6.45) is -0.465. The van der Waals surface area contributed by atoms with Gasteiger partial charge < -0.3 is 4.74 Å². The van der Waals surface area contributed by atoms with Crippen molar-refractivity contribution in [3.05, 3.63) is 59.9 Å². The van der Waals surface area contributed by atoms with Crippen LogP contribution >= 0.6 is 11.8 Å². The summed E-state index contributed by atoms with van der Waals surface area (Å²) in [5.41, 5.74) is 0.801. The summed E-state index contributed by atoms with van der Waals surface area (Å²) in [6.45, 7) is 12.4. The Morgan fingerprint density at radius 1 is 1.04 bits per heavy atom. The molecule has 2 aromatic carbocycles. The van der Waals surface area contributed by atoms with Gasteiger partial charge in [0, 0.05) is 15.5 Å². The highest BCUT2D eigenvalue weighted by atomic mass is 32.2. The number of carbonyl (C=O) groups excluding carboxylic acids is 1. The predicted octanol–water partition coefficient (Wildman–Crippen LogP) is 5.74. The number of carbonyl (C=O) groups is 1. The smallest absolute Gasteiger partial charge is 0.412 e. The topological polar surface area (TPSA) is 42.7 Å². The van der Waals surface area contributed by atoms with Crippen LogP contribution < -0.4 is 5.32 Å². The maximum Gasteiger partial charge on any atom is 0.412 e. The first kappa shape index (κ1) is 16.9. The van der Waals surface area contributed by atoms with Crippen LogP contribution in [0.2, 0.25) is 0 Å². The lowest BCUT2D eigenvalue weighted by molar-refractivity contribution is 0.0636. The average Bonchev–Trinajstić information content (AvgIpc) is 2.48. The minimum absolute atomic E-state index is 0.465. The first-order valence-electron chi connectivity index (χ1n) is 7.11. The van der Waals surface area contributed by atoms with Crippen LogP contribution in [0.25, 0.3) is 4.85 Å². The van der Waals surface area contributed by atoms with Gasteiger partial charge in [-0.2, -0.15) is 0 Å². The molecule has 0 spiro atoms. The van der Waals surface area contributed by atoms with Crippen LogP contribution in [0, 0.1) is 6.57 Å². The van der Waals surface area contributed by atoms with Gasteiger partial charge in [0.15, 0.2) is 5.69 Å². The van der Waals surface area contributed by atoms with Crippen molar-refractivity contribution in [3.63, 3.8) is 0 Å². The molecule has 1 amide bonds. The predicted molar refractivity (Wildman–Crippen MR) is 93.1 cm³/mol. The molecule has 0 bridgehead atoms. The molecule has 0 aliphatic heterocycles. The Balaban J connectivity index is 1.96. The van der Waals surface area contributed by atoms with Gasteiger partial charge in [-0.15, -0.1) is 0 Å². The lowest BCUT2D eigenvalue weighted by atomic mass is 10.2. The fourth-order valence-electron chi connectivity index (χ4n) is 1.75. The average molecular weight is 326 g/mol. The number of hydrogen-bond acceptors (Lipinski definition) is 3. The van der Waals surface area contributed by atoms with Crippen molar-refractivity contribution in [2.75, 3.05) is 5.32 Å². The van der Waals surface area contributed by atoms with Crippen LogP contribution in [0.15, 0.2) is 58.3 Å². The minimum Gasteiger partial charge on any atom is -0.444 e. The van der Waals surface area contributed by atoms with Crippen molar-refractivity contribution in [1.29, 1.82) is 0 Å². The van der Waals surface area contributed by atoms with Crippen molar-refractivity contribution in [3.8, 4) is 0 Å². The number of nitrogens with one attached hydrogen (secondary N) is 1.